The highest BCUT2D eigenvalue weighted by Gasteiger charge is 2.31. The van der Waals surface area contributed by atoms with E-state index in [-0.39, 0.29) is 24.7 Å². The highest BCUT2D eigenvalue weighted by molar-refractivity contribution is 7.92. The summed E-state index contributed by atoms with van der Waals surface area (Å²) in [4.78, 5) is 18.6. The number of rotatable bonds is 6. The first-order valence-corrected chi connectivity index (χ1v) is 11.6. The molecule has 0 saturated heterocycles. The quantitative estimate of drug-likeness (QED) is 0.576. The van der Waals surface area contributed by atoms with E-state index < -0.39 is 16.4 Å². The molecule has 0 atom stereocenters. The lowest BCUT2D eigenvalue weighted by Gasteiger charge is -2.16. The summed E-state index contributed by atoms with van der Waals surface area (Å²) in [7, 11) is -3.42. The molecule has 3 aromatic rings. The van der Waals surface area contributed by atoms with Gasteiger partial charge in [-0.2, -0.15) is 0 Å². The van der Waals surface area contributed by atoms with Crippen LogP contribution in [0.4, 0.5) is 18.9 Å². The number of alkyl halides is 3. The number of ether oxygens (including phenoxy) is 1. The average molecular weight is 477 g/mol. The molecule has 172 valence electrons. The number of amides is 1. The smallest absolute Gasteiger partial charge is 0.406 e. The number of sulfonamides is 1. The zero-order valence-electron chi connectivity index (χ0n) is 17.3. The van der Waals surface area contributed by atoms with Gasteiger partial charge in [0.05, 0.1) is 6.26 Å². The van der Waals surface area contributed by atoms with Crippen molar-refractivity contribution in [3.05, 3.63) is 77.6 Å². The van der Waals surface area contributed by atoms with Gasteiger partial charge in [-0.05, 0) is 41.5 Å². The van der Waals surface area contributed by atoms with Crippen molar-refractivity contribution in [1.82, 2.24) is 9.88 Å². The van der Waals surface area contributed by atoms with Crippen molar-refractivity contribution in [2.75, 3.05) is 11.0 Å². The molecule has 7 nitrogen and oxygen atoms in total. The first-order chi connectivity index (χ1) is 15.5. The number of halogens is 3. The van der Waals surface area contributed by atoms with Gasteiger partial charge in [0.15, 0.2) is 0 Å². The summed E-state index contributed by atoms with van der Waals surface area (Å²) in [5.74, 6) is -0.610. The van der Waals surface area contributed by atoms with Crippen molar-refractivity contribution < 1.29 is 31.1 Å². The van der Waals surface area contributed by atoms with Gasteiger partial charge in [0.1, 0.15) is 11.4 Å². The molecule has 0 spiro atoms. The summed E-state index contributed by atoms with van der Waals surface area (Å²) < 4.78 is 66.2. The minimum absolute atomic E-state index is 0.199. The summed E-state index contributed by atoms with van der Waals surface area (Å²) in [5.41, 5.74) is 3.51. The molecule has 2 heterocycles. The molecule has 0 fully saturated rings. The van der Waals surface area contributed by atoms with Crippen molar-refractivity contribution in [2.24, 2.45) is 0 Å². The number of aromatic nitrogens is 1. The van der Waals surface area contributed by atoms with Gasteiger partial charge in [-0.3, -0.25) is 14.5 Å². The van der Waals surface area contributed by atoms with Gasteiger partial charge in [0.25, 0.3) is 5.91 Å². The zero-order chi connectivity index (χ0) is 23.8. The number of hydrogen-bond donors (Lipinski definition) is 1. The minimum atomic E-state index is -4.77. The fourth-order valence-electron chi connectivity index (χ4n) is 3.53. The van der Waals surface area contributed by atoms with Crippen LogP contribution < -0.4 is 9.46 Å². The van der Waals surface area contributed by atoms with Crippen LogP contribution in [0.2, 0.25) is 0 Å². The Morgan fingerprint density at radius 2 is 1.82 bits per heavy atom. The zero-order valence-corrected chi connectivity index (χ0v) is 18.1. The molecule has 0 bridgehead atoms. The number of benzene rings is 2. The Balaban J connectivity index is 1.50. The van der Waals surface area contributed by atoms with Crippen LogP contribution in [-0.4, -0.2) is 36.8 Å². The molecule has 0 saturated carbocycles. The molecule has 11 heteroatoms. The Kier molecular flexibility index (Phi) is 5.75. The molecule has 1 aliphatic heterocycles. The van der Waals surface area contributed by atoms with Crippen molar-refractivity contribution in [3.63, 3.8) is 0 Å². The monoisotopic (exact) mass is 477 g/mol. The number of nitrogens with one attached hydrogen (secondary N) is 1. The molecule has 4 rings (SSSR count). The number of nitrogens with zero attached hydrogens (tertiary/aromatic N) is 2. The molecular weight excluding hydrogens is 459 g/mol. The van der Waals surface area contributed by atoms with Crippen LogP contribution in [0, 0.1) is 0 Å². The number of carbonyl (C=O) groups is 1. The minimum Gasteiger partial charge on any atom is -0.406 e. The maximum absolute atomic E-state index is 12.7. The van der Waals surface area contributed by atoms with Gasteiger partial charge >= 0.3 is 6.36 Å². The first kappa shape index (κ1) is 22.6. The lowest BCUT2D eigenvalue weighted by Crippen LogP contribution is -2.23. The van der Waals surface area contributed by atoms with Crippen LogP contribution in [-0.2, 0) is 23.1 Å². The van der Waals surface area contributed by atoms with Gasteiger partial charge in [0.2, 0.25) is 10.0 Å². The molecule has 0 aliphatic carbocycles. The van der Waals surface area contributed by atoms with Gasteiger partial charge < -0.3 is 9.64 Å². The second-order valence-corrected chi connectivity index (χ2v) is 9.29. The van der Waals surface area contributed by atoms with Gasteiger partial charge in [-0.15, -0.1) is 13.2 Å². The van der Waals surface area contributed by atoms with Crippen LogP contribution in [0.25, 0.3) is 11.1 Å². The highest BCUT2D eigenvalue weighted by atomic mass is 32.2. The maximum atomic E-state index is 12.7. The third-order valence-corrected chi connectivity index (χ3v) is 5.45. The standard InChI is InChI=1S/C22H18F3N3O4S/c1-33(30,31)27-18-4-2-3-15(10-18)16-9-17-13-28(21(29)20(17)26-11-16)12-14-5-7-19(8-6-14)32-22(23,24)25/h2-11,27H,12-13H2,1H3. The van der Waals surface area contributed by atoms with Crippen molar-refractivity contribution in [1.29, 1.82) is 0 Å². The molecule has 2 aromatic carbocycles. The molecule has 0 unspecified atom stereocenters. The first-order valence-electron chi connectivity index (χ1n) is 9.68. The number of fused-ring (bicyclic) bond motifs is 1. The Hall–Kier alpha value is -3.60. The molecule has 33 heavy (non-hydrogen) atoms. The Bertz CT molecular complexity index is 1310. The highest BCUT2D eigenvalue weighted by Crippen LogP contribution is 2.30. The van der Waals surface area contributed by atoms with Crippen LogP contribution >= 0.6 is 0 Å². The van der Waals surface area contributed by atoms with E-state index in [1.54, 1.807) is 35.4 Å². The topological polar surface area (TPSA) is 88.6 Å². The fraction of sp³-hybridized carbons (Fsp3) is 0.182. The number of anilines is 1. The molecule has 1 amide bonds. The van der Waals surface area contributed by atoms with Crippen LogP contribution in [0.15, 0.2) is 60.8 Å². The second kappa shape index (κ2) is 8.39. The SMILES string of the molecule is CS(=O)(=O)Nc1cccc(-c2cnc3c(c2)CN(Cc2ccc(OC(F)(F)F)cc2)C3=O)c1. The fourth-order valence-corrected chi connectivity index (χ4v) is 4.08. The summed E-state index contributed by atoms with van der Waals surface area (Å²) in [6.07, 6.45) is -2.16. The summed E-state index contributed by atoms with van der Waals surface area (Å²) >= 11 is 0. The number of pyridine rings is 1. The third kappa shape index (κ3) is 5.61. The predicted molar refractivity (Wildman–Crippen MR) is 115 cm³/mol. The van der Waals surface area contributed by atoms with Gasteiger partial charge in [-0.1, -0.05) is 24.3 Å². The van der Waals surface area contributed by atoms with E-state index in [9.17, 15) is 26.4 Å². The van der Waals surface area contributed by atoms with Crippen LogP contribution in [0.1, 0.15) is 21.6 Å². The normalized spacial score (nSPS) is 13.7. The largest absolute Gasteiger partial charge is 0.573 e. The molecule has 1 N–H and O–H groups in total. The van der Waals surface area contributed by atoms with E-state index in [2.05, 4.69) is 14.4 Å². The Morgan fingerprint density at radius 3 is 2.48 bits per heavy atom. The molecule has 0 radical (unpaired) electrons. The van der Waals surface area contributed by atoms with Crippen LogP contribution in [0.3, 0.4) is 0 Å². The molecule has 1 aromatic heterocycles. The molecule has 1 aliphatic rings. The Labute approximate surface area is 187 Å². The maximum Gasteiger partial charge on any atom is 0.573 e. The summed E-state index contributed by atoms with van der Waals surface area (Å²) in [6.45, 7) is 0.488. The summed E-state index contributed by atoms with van der Waals surface area (Å²) in [6, 6.07) is 14.0. The van der Waals surface area contributed by atoms with Gasteiger partial charge in [-0.25, -0.2) is 8.42 Å². The van der Waals surface area contributed by atoms with E-state index in [1.165, 1.54) is 24.3 Å². The van der Waals surface area contributed by atoms with E-state index in [0.717, 1.165) is 11.8 Å². The van der Waals surface area contributed by atoms with Crippen molar-refractivity contribution >= 4 is 21.6 Å². The lowest BCUT2D eigenvalue weighted by atomic mass is 10.0. The number of hydrogen-bond acceptors (Lipinski definition) is 5. The lowest BCUT2D eigenvalue weighted by molar-refractivity contribution is -0.274. The van der Waals surface area contributed by atoms with Crippen molar-refractivity contribution in [2.45, 2.75) is 19.5 Å². The number of carbonyl (C=O) groups excluding carboxylic acids is 1. The summed E-state index contributed by atoms with van der Waals surface area (Å²) in [5, 5.41) is 0. The predicted octanol–water partition coefficient (Wildman–Crippen LogP) is 4.17. The second-order valence-electron chi connectivity index (χ2n) is 7.54. The van der Waals surface area contributed by atoms with E-state index in [4.69, 9.17) is 0 Å². The van der Waals surface area contributed by atoms with E-state index in [0.29, 0.717) is 28.1 Å². The third-order valence-electron chi connectivity index (χ3n) is 4.85. The van der Waals surface area contributed by atoms with E-state index in [1.807, 2.05) is 6.07 Å². The van der Waals surface area contributed by atoms with Gasteiger partial charge in [0, 0.05) is 36.1 Å². The average Bonchev–Trinajstić information content (AvgIpc) is 3.02. The van der Waals surface area contributed by atoms with Crippen LogP contribution in [0.5, 0.6) is 5.75 Å². The van der Waals surface area contributed by atoms with E-state index >= 15 is 0 Å². The Morgan fingerprint density at radius 1 is 1.09 bits per heavy atom. The van der Waals surface area contributed by atoms with Crippen molar-refractivity contribution in [3.8, 4) is 16.9 Å². The molecular formula is C22H18F3N3O4S.